The third-order valence-corrected chi connectivity index (χ3v) is 3.88. The minimum absolute atomic E-state index is 0.145. The average Bonchev–Trinajstić information content (AvgIpc) is 3.03. The maximum atomic E-state index is 12.1. The number of anilines is 1. The van der Waals surface area contributed by atoms with E-state index < -0.39 is 0 Å². The molecule has 0 saturated heterocycles. The van der Waals surface area contributed by atoms with Gasteiger partial charge in [-0.15, -0.1) is 0 Å². The Labute approximate surface area is 147 Å². The van der Waals surface area contributed by atoms with Gasteiger partial charge in [0.2, 0.25) is 5.91 Å². The number of halogens is 1. The summed E-state index contributed by atoms with van der Waals surface area (Å²) in [6.45, 7) is 0. The van der Waals surface area contributed by atoms with E-state index in [1.807, 2.05) is 48.5 Å². The molecule has 0 spiro atoms. The predicted molar refractivity (Wildman–Crippen MR) is 95.0 cm³/mol. The van der Waals surface area contributed by atoms with Gasteiger partial charge < -0.3 is 14.6 Å². The fourth-order valence-electron chi connectivity index (χ4n) is 2.22. The first-order valence-electron chi connectivity index (χ1n) is 7.29. The molecule has 3 rings (SSSR count). The van der Waals surface area contributed by atoms with Crippen molar-refractivity contribution >= 4 is 27.5 Å². The zero-order valence-corrected chi connectivity index (χ0v) is 14.5. The molecule has 3 aromatic rings. The van der Waals surface area contributed by atoms with Crippen molar-refractivity contribution in [1.82, 2.24) is 5.16 Å². The van der Waals surface area contributed by atoms with Gasteiger partial charge in [-0.1, -0.05) is 27.2 Å². The second-order valence-electron chi connectivity index (χ2n) is 5.15. The van der Waals surface area contributed by atoms with Crippen LogP contribution in [0.15, 0.2) is 63.6 Å². The summed E-state index contributed by atoms with van der Waals surface area (Å²) in [5.41, 5.74) is 2.18. The molecule has 1 aromatic heterocycles. The summed E-state index contributed by atoms with van der Waals surface area (Å²) < 4.78 is 11.3. The molecule has 0 aliphatic rings. The van der Waals surface area contributed by atoms with Crippen LogP contribution in [-0.2, 0) is 11.2 Å². The largest absolute Gasteiger partial charge is 0.497 e. The second-order valence-corrected chi connectivity index (χ2v) is 6.06. The maximum Gasteiger partial charge on any atom is 0.230 e. The number of carbonyl (C=O) groups excluding carboxylic acids is 1. The quantitative estimate of drug-likeness (QED) is 0.709. The molecular formula is C18H15BrN2O3. The highest BCUT2D eigenvalue weighted by atomic mass is 79.9. The van der Waals surface area contributed by atoms with Gasteiger partial charge in [0.15, 0.2) is 5.76 Å². The smallest absolute Gasteiger partial charge is 0.230 e. The Morgan fingerprint density at radius 1 is 1.21 bits per heavy atom. The Bertz CT molecular complexity index is 843. The maximum absolute atomic E-state index is 12.1. The van der Waals surface area contributed by atoms with Crippen molar-refractivity contribution in [3.8, 4) is 17.1 Å². The SMILES string of the molecule is COc1ccc(-c2cc(CC(=O)Nc3cccc(Br)c3)no2)cc1. The molecule has 1 heterocycles. The zero-order valence-electron chi connectivity index (χ0n) is 13.0. The second kappa shape index (κ2) is 7.31. The van der Waals surface area contributed by atoms with Crippen molar-refractivity contribution in [2.45, 2.75) is 6.42 Å². The van der Waals surface area contributed by atoms with Crippen molar-refractivity contribution < 1.29 is 14.1 Å². The predicted octanol–water partition coefficient (Wildman–Crippen LogP) is 4.29. The van der Waals surface area contributed by atoms with E-state index >= 15 is 0 Å². The monoisotopic (exact) mass is 386 g/mol. The van der Waals surface area contributed by atoms with Crippen LogP contribution in [0.4, 0.5) is 5.69 Å². The van der Waals surface area contributed by atoms with Gasteiger partial charge in [0.25, 0.3) is 0 Å². The first-order chi connectivity index (χ1) is 11.6. The molecule has 0 aliphatic heterocycles. The summed E-state index contributed by atoms with van der Waals surface area (Å²) in [6.07, 6.45) is 0.145. The number of nitrogens with one attached hydrogen (secondary N) is 1. The lowest BCUT2D eigenvalue weighted by Gasteiger charge is -2.03. The standard InChI is InChI=1S/C18H15BrN2O3/c1-23-16-7-5-12(6-8-16)17-10-15(21-24-17)11-18(22)20-14-4-2-3-13(19)9-14/h2-10H,11H2,1H3,(H,20,22). The number of hydrogen-bond donors (Lipinski definition) is 1. The zero-order chi connectivity index (χ0) is 16.9. The van der Waals surface area contributed by atoms with E-state index in [1.165, 1.54) is 0 Å². The highest BCUT2D eigenvalue weighted by molar-refractivity contribution is 9.10. The van der Waals surface area contributed by atoms with Gasteiger partial charge in [0.05, 0.1) is 19.2 Å². The topological polar surface area (TPSA) is 64.4 Å². The molecule has 0 fully saturated rings. The average molecular weight is 387 g/mol. The van der Waals surface area contributed by atoms with E-state index in [0.717, 1.165) is 21.5 Å². The molecule has 0 atom stereocenters. The normalized spacial score (nSPS) is 10.4. The van der Waals surface area contributed by atoms with Gasteiger partial charge in [-0.05, 0) is 42.5 Å². The number of carbonyl (C=O) groups is 1. The number of rotatable bonds is 5. The van der Waals surface area contributed by atoms with E-state index in [2.05, 4.69) is 26.4 Å². The van der Waals surface area contributed by atoms with Crippen molar-refractivity contribution in [2.75, 3.05) is 12.4 Å². The molecule has 122 valence electrons. The Morgan fingerprint density at radius 2 is 2.00 bits per heavy atom. The van der Waals surface area contributed by atoms with Crippen LogP contribution in [0.3, 0.4) is 0 Å². The minimum atomic E-state index is -0.150. The minimum Gasteiger partial charge on any atom is -0.497 e. The van der Waals surface area contributed by atoms with Gasteiger partial charge in [-0.25, -0.2) is 0 Å². The van der Waals surface area contributed by atoms with Gasteiger partial charge in [0.1, 0.15) is 5.75 Å². The third kappa shape index (κ3) is 4.02. The van der Waals surface area contributed by atoms with E-state index in [0.29, 0.717) is 11.5 Å². The van der Waals surface area contributed by atoms with E-state index in [-0.39, 0.29) is 12.3 Å². The summed E-state index contributed by atoms with van der Waals surface area (Å²) in [6, 6.07) is 16.6. The number of amides is 1. The Balaban J connectivity index is 1.65. The van der Waals surface area contributed by atoms with Crippen LogP contribution in [0.1, 0.15) is 5.69 Å². The van der Waals surface area contributed by atoms with E-state index in [1.54, 1.807) is 13.2 Å². The van der Waals surface area contributed by atoms with Crippen molar-refractivity contribution in [2.24, 2.45) is 0 Å². The number of benzene rings is 2. The first kappa shape index (κ1) is 16.3. The summed E-state index contributed by atoms with van der Waals surface area (Å²) in [7, 11) is 1.62. The number of aromatic nitrogens is 1. The van der Waals surface area contributed by atoms with Crippen LogP contribution in [0, 0.1) is 0 Å². The molecule has 0 unspecified atom stereocenters. The molecule has 0 bridgehead atoms. The third-order valence-electron chi connectivity index (χ3n) is 3.38. The Morgan fingerprint density at radius 3 is 2.71 bits per heavy atom. The highest BCUT2D eigenvalue weighted by Gasteiger charge is 2.11. The van der Waals surface area contributed by atoms with Gasteiger partial charge in [-0.3, -0.25) is 4.79 Å². The van der Waals surface area contributed by atoms with Crippen LogP contribution < -0.4 is 10.1 Å². The fraction of sp³-hybridized carbons (Fsp3) is 0.111. The van der Waals surface area contributed by atoms with Gasteiger partial charge >= 0.3 is 0 Å². The number of nitrogens with zero attached hydrogens (tertiary/aromatic N) is 1. The molecule has 0 radical (unpaired) electrons. The fourth-order valence-corrected chi connectivity index (χ4v) is 2.62. The van der Waals surface area contributed by atoms with E-state index in [4.69, 9.17) is 9.26 Å². The van der Waals surface area contributed by atoms with E-state index in [9.17, 15) is 4.79 Å². The van der Waals surface area contributed by atoms with Crippen LogP contribution >= 0.6 is 15.9 Å². The molecule has 1 N–H and O–H groups in total. The lowest BCUT2D eigenvalue weighted by Crippen LogP contribution is -2.14. The molecule has 1 amide bonds. The Kier molecular flexibility index (Phi) is 4.96. The summed E-state index contributed by atoms with van der Waals surface area (Å²) >= 11 is 3.37. The lowest BCUT2D eigenvalue weighted by molar-refractivity contribution is -0.115. The lowest BCUT2D eigenvalue weighted by atomic mass is 10.1. The Hall–Kier alpha value is -2.60. The van der Waals surface area contributed by atoms with Crippen molar-refractivity contribution in [3.63, 3.8) is 0 Å². The molecule has 0 saturated carbocycles. The van der Waals surface area contributed by atoms with Crippen LogP contribution in [0.5, 0.6) is 5.75 Å². The number of hydrogen-bond acceptors (Lipinski definition) is 4. The summed E-state index contributed by atoms with van der Waals surface area (Å²) in [5, 5.41) is 6.79. The summed E-state index contributed by atoms with van der Waals surface area (Å²) in [4.78, 5) is 12.1. The molecule has 5 nitrogen and oxygen atoms in total. The summed E-state index contributed by atoms with van der Waals surface area (Å²) in [5.74, 6) is 1.23. The van der Waals surface area contributed by atoms with Gasteiger partial charge in [0, 0.05) is 21.8 Å². The number of ether oxygens (including phenoxy) is 1. The van der Waals surface area contributed by atoms with Crippen LogP contribution in [0.25, 0.3) is 11.3 Å². The molecular weight excluding hydrogens is 372 g/mol. The molecule has 6 heteroatoms. The van der Waals surface area contributed by atoms with Crippen LogP contribution in [0.2, 0.25) is 0 Å². The number of methoxy groups -OCH3 is 1. The van der Waals surface area contributed by atoms with Crippen LogP contribution in [-0.4, -0.2) is 18.2 Å². The molecule has 2 aromatic carbocycles. The van der Waals surface area contributed by atoms with Crippen molar-refractivity contribution in [3.05, 3.63) is 64.8 Å². The van der Waals surface area contributed by atoms with Crippen molar-refractivity contribution in [1.29, 1.82) is 0 Å². The first-order valence-corrected chi connectivity index (χ1v) is 8.09. The van der Waals surface area contributed by atoms with Gasteiger partial charge in [-0.2, -0.15) is 0 Å². The molecule has 0 aliphatic carbocycles. The highest BCUT2D eigenvalue weighted by Crippen LogP contribution is 2.23. The molecule has 24 heavy (non-hydrogen) atoms.